The quantitative estimate of drug-likeness (QED) is 0.243. The minimum absolute atomic E-state index is 0.0833. The summed E-state index contributed by atoms with van der Waals surface area (Å²) in [5.74, 6) is -1.93. The molecule has 0 spiro atoms. The molecule has 110 valence electrons. The van der Waals surface area contributed by atoms with Crippen LogP contribution in [0.4, 0.5) is 0 Å². The predicted molar refractivity (Wildman–Crippen MR) is 81.4 cm³/mol. The molecule has 2 N–H and O–H groups in total. The number of carboxylic acid groups (broad SMARTS) is 2. The van der Waals surface area contributed by atoms with Crippen LogP contribution in [0.15, 0.2) is 0 Å². The lowest BCUT2D eigenvalue weighted by atomic mass is 10.8. The first-order valence-electron chi connectivity index (χ1n) is 4.69. The Morgan fingerprint density at radius 2 is 1.17 bits per heavy atom. The van der Waals surface area contributed by atoms with Crippen molar-refractivity contribution < 1.29 is 28.2 Å². The molecule has 0 aromatic heterocycles. The van der Waals surface area contributed by atoms with Gasteiger partial charge in [-0.2, -0.15) is 25.3 Å². The number of rotatable bonds is 7. The van der Waals surface area contributed by atoms with Gasteiger partial charge in [-0.05, 0) is 13.8 Å². The average molecular weight is 338 g/mol. The molecule has 0 aliphatic rings. The van der Waals surface area contributed by atoms with Crippen LogP contribution in [0.25, 0.3) is 0 Å². The standard InChI is InChI=1S/C4H10O2S2.2C2H4O2S/c1-3-5-7-8-6-4-2;2*3-2(4)1-5/h3-4H2,1-2H3;2*5H,1H2,(H,3,4). The first-order valence-corrected chi connectivity index (χ1v) is 7.95. The molecule has 0 heterocycles. The number of carboxylic acids is 2. The van der Waals surface area contributed by atoms with E-state index >= 15 is 0 Å². The van der Waals surface area contributed by atoms with Crippen molar-refractivity contribution in [1.29, 1.82) is 0 Å². The third-order valence-corrected chi connectivity index (χ3v) is 2.63. The maximum atomic E-state index is 9.29. The zero-order valence-corrected chi connectivity index (χ0v) is 13.5. The van der Waals surface area contributed by atoms with Gasteiger partial charge in [-0.15, -0.1) is 0 Å². The molecule has 18 heavy (non-hydrogen) atoms. The molecule has 0 aromatic carbocycles. The molecule has 0 saturated heterocycles. The predicted octanol–water partition coefficient (Wildman–Crippen LogP) is 2.27. The third kappa shape index (κ3) is 44.2. The van der Waals surface area contributed by atoms with Crippen molar-refractivity contribution in [3.8, 4) is 0 Å². The van der Waals surface area contributed by atoms with Crippen molar-refractivity contribution in [2.24, 2.45) is 0 Å². The van der Waals surface area contributed by atoms with E-state index in [1.54, 1.807) is 0 Å². The van der Waals surface area contributed by atoms with Crippen LogP contribution >= 0.6 is 47.4 Å². The number of hydrogen-bond acceptors (Lipinski definition) is 8. The van der Waals surface area contributed by atoms with Crippen LogP contribution < -0.4 is 0 Å². The van der Waals surface area contributed by atoms with E-state index in [1.807, 2.05) is 13.8 Å². The molecule has 0 bridgehead atoms. The number of thiol groups is 2. The van der Waals surface area contributed by atoms with Gasteiger partial charge in [-0.1, -0.05) is 0 Å². The molecule has 0 unspecified atom stereocenters. The molecule has 10 heteroatoms. The maximum Gasteiger partial charge on any atom is 0.313 e. The summed E-state index contributed by atoms with van der Waals surface area (Å²) in [6, 6.07) is 0. The third-order valence-electron chi connectivity index (χ3n) is 0.630. The Labute approximate surface area is 126 Å². The Morgan fingerprint density at radius 3 is 1.28 bits per heavy atom. The van der Waals surface area contributed by atoms with E-state index in [0.717, 1.165) is 13.2 Å². The summed E-state index contributed by atoms with van der Waals surface area (Å²) < 4.78 is 9.78. The number of aliphatic carboxylic acids is 2. The molecule has 0 aliphatic heterocycles. The van der Waals surface area contributed by atoms with Gasteiger partial charge < -0.3 is 18.6 Å². The molecule has 0 rings (SSSR count). The van der Waals surface area contributed by atoms with Crippen molar-refractivity contribution >= 4 is 59.3 Å². The molecular weight excluding hydrogens is 320 g/mol. The van der Waals surface area contributed by atoms with Gasteiger partial charge in [0, 0.05) is 0 Å². The lowest BCUT2D eigenvalue weighted by molar-refractivity contribution is -0.134. The summed E-state index contributed by atoms with van der Waals surface area (Å²) in [6.07, 6.45) is 0. The minimum Gasteiger partial charge on any atom is -0.481 e. The fourth-order valence-corrected chi connectivity index (χ4v) is 1.22. The van der Waals surface area contributed by atoms with E-state index in [0.29, 0.717) is 0 Å². The first-order chi connectivity index (χ1) is 8.45. The van der Waals surface area contributed by atoms with E-state index in [-0.39, 0.29) is 11.5 Å². The van der Waals surface area contributed by atoms with Crippen LogP contribution in [0.3, 0.4) is 0 Å². The van der Waals surface area contributed by atoms with Crippen LogP contribution in [-0.4, -0.2) is 46.9 Å². The molecule has 0 aliphatic carbocycles. The Bertz CT molecular complexity index is 172. The van der Waals surface area contributed by atoms with Crippen LogP contribution in [0.5, 0.6) is 0 Å². The topological polar surface area (TPSA) is 93.1 Å². The van der Waals surface area contributed by atoms with Crippen molar-refractivity contribution in [2.45, 2.75) is 13.8 Å². The molecule has 0 aromatic rings. The van der Waals surface area contributed by atoms with E-state index in [1.165, 1.54) is 22.1 Å². The summed E-state index contributed by atoms with van der Waals surface area (Å²) in [6.45, 7) is 5.34. The zero-order chi connectivity index (χ0) is 14.8. The SMILES string of the molecule is CCOSSOCC.O=C(O)CS.O=C(O)CS. The van der Waals surface area contributed by atoms with E-state index < -0.39 is 11.9 Å². The number of hydrogen-bond donors (Lipinski definition) is 4. The highest BCUT2D eigenvalue weighted by molar-refractivity contribution is 8.73. The van der Waals surface area contributed by atoms with E-state index in [4.69, 9.17) is 18.6 Å². The molecular formula is C8H18O6S4. The largest absolute Gasteiger partial charge is 0.481 e. The summed E-state index contributed by atoms with van der Waals surface area (Å²) in [7, 11) is 0. The Kier molecular flexibility index (Phi) is 29.1. The number of carbonyl (C=O) groups is 2. The second kappa shape index (κ2) is 22.4. The van der Waals surface area contributed by atoms with Crippen molar-refractivity contribution in [3.05, 3.63) is 0 Å². The van der Waals surface area contributed by atoms with Gasteiger partial charge in [0.2, 0.25) is 0 Å². The highest BCUT2D eigenvalue weighted by Crippen LogP contribution is 2.22. The monoisotopic (exact) mass is 338 g/mol. The highest BCUT2D eigenvalue weighted by atomic mass is 33.1. The van der Waals surface area contributed by atoms with Crippen LogP contribution in [-0.2, 0) is 18.0 Å². The van der Waals surface area contributed by atoms with Crippen molar-refractivity contribution in [3.63, 3.8) is 0 Å². The second-order valence-electron chi connectivity index (χ2n) is 2.05. The van der Waals surface area contributed by atoms with Crippen LogP contribution in [0.2, 0.25) is 0 Å². The maximum absolute atomic E-state index is 9.29. The molecule has 6 nitrogen and oxygen atoms in total. The fourth-order valence-electron chi connectivity index (χ4n) is 0.136. The van der Waals surface area contributed by atoms with Gasteiger partial charge in [-0.25, -0.2) is 0 Å². The Morgan fingerprint density at radius 1 is 0.944 bits per heavy atom. The minimum atomic E-state index is -0.881. The normalized spacial score (nSPS) is 8.44. The van der Waals surface area contributed by atoms with Crippen molar-refractivity contribution in [1.82, 2.24) is 0 Å². The zero-order valence-electron chi connectivity index (χ0n) is 10.1. The van der Waals surface area contributed by atoms with E-state index in [9.17, 15) is 9.59 Å². The lowest BCUT2D eigenvalue weighted by Gasteiger charge is -1.94. The van der Waals surface area contributed by atoms with Crippen LogP contribution in [0.1, 0.15) is 13.8 Å². The summed E-state index contributed by atoms with van der Waals surface area (Å²) >= 11 is 9.38. The Balaban J connectivity index is -0.000000197. The lowest BCUT2D eigenvalue weighted by Crippen LogP contribution is -1.92. The summed E-state index contributed by atoms with van der Waals surface area (Å²) in [5.41, 5.74) is 0. The Hall–Kier alpha value is 0.260. The van der Waals surface area contributed by atoms with E-state index in [2.05, 4.69) is 25.3 Å². The molecule has 0 saturated carbocycles. The highest BCUT2D eigenvalue weighted by Gasteiger charge is 1.84. The molecule has 0 fully saturated rings. The molecule has 0 radical (unpaired) electrons. The first kappa shape index (κ1) is 23.4. The van der Waals surface area contributed by atoms with Gasteiger partial charge >= 0.3 is 11.9 Å². The smallest absolute Gasteiger partial charge is 0.313 e. The summed E-state index contributed by atoms with van der Waals surface area (Å²) in [5, 5.41) is 15.3. The molecule has 0 amide bonds. The fraction of sp³-hybridized carbons (Fsp3) is 0.750. The average Bonchev–Trinajstić information content (AvgIpc) is 2.36. The molecule has 0 atom stereocenters. The second-order valence-corrected chi connectivity index (χ2v) is 4.25. The summed E-state index contributed by atoms with van der Waals surface area (Å²) in [4.78, 5) is 18.6. The van der Waals surface area contributed by atoms with Gasteiger partial charge in [0.15, 0.2) is 0 Å². The van der Waals surface area contributed by atoms with Gasteiger partial charge in [-0.3, -0.25) is 9.59 Å². The van der Waals surface area contributed by atoms with Gasteiger partial charge in [0.05, 0.1) is 46.9 Å². The van der Waals surface area contributed by atoms with Gasteiger partial charge in [0.25, 0.3) is 0 Å². The van der Waals surface area contributed by atoms with Gasteiger partial charge in [0.1, 0.15) is 0 Å². The van der Waals surface area contributed by atoms with Crippen LogP contribution in [0, 0.1) is 0 Å². The van der Waals surface area contributed by atoms with Crippen molar-refractivity contribution in [2.75, 3.05) is 24.7 Å².